The van der Waals surface area contributed by atoms with E-state index in [0.29, 0.717) is 6.61 Å². The van der Waals surface area contributed by atoms with Gasteiger partial charge in [0.25, 0.3) is 0 Å². The molecule has 0 aliphatic heterocycles. The fraction of sp³-hybridized carbons (Fsp3) is 1.00. The predicted molar refractivity (Wildman–Crippen MR) is 109 cm³/mol. The monoisotopic (exact) mass is 380 g/mol. The first-order chi connectivity index (χ1) is 11.6. The second-order valence-electron chi connectivity index (χ2n) is 6.98. The Balaban J connectivity index is 3.02. The summed E-state index contributed by atoms with van der Waals surface area (Å²) in [6, 6.07) is 0. The summed E-state index contributed by atoms with van der Waals surface area (Å²) in [7, 11) is 0. The molecule has 0 aliphatic carbocycles. The molecular formula is C19H41O3PS. The van der Waals surface area contributed by atoms with E-state index in [2.05, 4.69) is 18.7 Å². The van der Waals surface area contributed by atoms with Crippen LogP contribution in [0.3, 0.4) is 0 Å². The first-order valence-corrected chi connectivity index (χ1v) is 12.9. The van der Waals surface area contributed by atoms with Crippen molar-refractivity contribution in [2.75, 3.05) is 6.61 Å². The normalized spacial score (nSPS) is 12.0. The van der Waals surface area contributed by atoms with Crippen molar-refractivity contribution >= 4 is 18.5 Å². The Morgan fingerprint density at radius 1 is 0.583 bits per heavy atom. The van der Waals surface area contributed by atoms with Gasteiger partial charge in [-0.15, -0.1) is 0 Å². The van der Waals surface area contributed by atoms with Crippen molar-refractivity contribution in [1.82, 2.24) is 0 Å². The van der Waals surface area contributed by atoms with Gasteiger partial charge in [0.05, 0.1) is 6.61 Å². The van der Waals surface area contributed by atoms with Crippen molar-refractivity contribution in [3.05, 3.63) is 0 Å². The average Bonchev–Trinajstić information content (AvgIpc) is 2.52. The summed E-state index contributed by atoms with van der Waals surface area (Å²) in [6.45, 7) is -0.770. The van der Waals surface area contributed by atoms with Gasteiger partial charge < -0.3 is 14.3 Å². The minimum absolute atomic E-state index is 0.378. The van der Waals surface area contributed by atoms with Gasteiger partial charge in [0, 0.05) is 0 Å². The average molecular weight is 381 g/mol. The molecule has 0 bridgehead atoms. The molecule has 0 atom stereocenters. The molecule has 0 aromatic carbocycles. The summed E-state index contributed by atoms with van der Waals surface area (Å²) < 4.78 is 4.79. The zero-order valence-electron chi connectivity index (χ0n) is 15.9. The van der Waals surface area contributed by atoms with Crippen LogP contribution in [0.1, 0.15) is 116 Å². The van der Waals surface area contributed by atoms with Gasteiger partial charge in [0.1, 0.15) is 0 Å². The van der Waals surface area contributed by atoms with E-state index in [9.17, 15) is 0 Å². The standard InChI is InChI=1S/C19H41O3PS/c1-2-3-4-5-6-7-8-9-10-11-12-13-14-15-16-17-18-19-22-23(20,21)24/h2-19H2,1H3,(H2,20,21,24). The van der Waals surface area contributed by atoms with E-state index in [0.717, 1.165) is 12.8 Å². The fourth-order valence-electron chi connectivity index (χ4n) is 3.01. The van der Waals surface area contributed by atoms with Crippen LogP contribution in [0.15, 0.2) is 0 Å². The molecule has 0 heterocycles. The van der Waals surface area contributed by atoms with Crippen LogP contribution in [0, 0.1) is 0 Å². The number of rotatable bonds is 19. The molecule has 0 amide bonds. The van der Waals surface area contributed by atoms with Crippen LogP contribution in [-0.2, 0) is 16.3 Å². The summed E-state index contributed by atoms with van der Waals surface area (Å²) in [5, 5.41) is 0. The Hall–Kier alpha value is 0.530. The molecule has 0 fully saturated rings. The predicted octanol–water partition coefficient (Wildman–Crippen LogP) is 6.86. The third-order valence-electron chi connectivity index (χ3n) is 4.51. The van der Waals surface area contributed by atoms with E-state index >= 15 is 0 Å². The minimum atomic E-state index is -3.42. The maximum atomic E-state index is 8.91. The molecule has 0 rings (SSSR count). The summed E-state index contributed by atoms with van der Waals surface area (Å²) in [5.74, 6) is 0. The molecule has 5 heteroatoms. The molecular weight excluding hydrogens is 339 g/mol. The van der Waals surface area contributed by atoms with Gasteiger partial charge in [-0.05, 0) is 18.2 Å². The molecule has 0 aromatic rings. The molecule has 0 aliphatic rings. The van der Waals surface area contributed by atoms with Crippen LogP contribution in [0.2, 0.25) is 0 Å². The van der Waals surface area contributed by atoms with Gasteiger partial charge in [-0.2, -0.15) is 0 Å². The van der Waals surface area contributed by atoms with E-state index in [1.165, 1.54) is 96.3 Å². The smallest absolute Gasteiger partial charge is 0.321 e. The molecule has 2 N–H and O–H groups in total. The Bertz CT molecular complexity index is 294. The highest BCUT2D eigenvalue weighted by molar-refractivity contribution is 8.06. The number of hydrogen-bond acceptors (Lipinski definition) is 2. The Labute approximate surface area is 155 Å². The number of hydrogen-bond donors (Lipinski definition) is 2. The quantitative estimate of drug-likeness (QED) is 0.190. The van der Waals surface area contributed by atoms with Crippen LogP contribution in [0.4, 0.5) is 0 Å². The Kier molecular flexibility index (Phi) is 18.7. The zero-order valence-corrected chi connectivity index (χ0v) is 17.6. The van der Waals surface area contributed by atoms with E-state index in [1.54, 1.807) is 0 Å². The topological polar surface area (TPSA) is 49.7 Å². The lowest BCUT2D eigenvalue weighted by molar-refractivity contribution is 0.245. The van der Waals surface area contributed by atoms with Gasteiger partial charge in [0.15, 0.2) is 0 Å². The Morgan fingerprint density at radius 2 is 0.875 bits per heavy atom. The molecule has 0 saturated carbocycles. The highest BCUT2D eigenvalue weighted by Crippen LogP contribution is 2.36. The largest absolute Gasteiger partial charge is 0.325 e. The zero-order chi connectivity index (χ0) is 17.9. The fourth-order valence-corrected chi connectivity index (χ4v) is 3.60. The van der Waals surface area contributed by atoms with Gasteiger partial charge in [-0.25, -0.2) is 0 Å². The van der Waals surface area contributed by atoms with Crippen LogP contribution in [-0.4, -0.2) is 16.4 Å². The first-order valence-electron chi connectivity index (χ1n) is 10.3. The summed E-state index contributed by atoms with van der Waals surface area (Å²) in [4.78, 5) is 17.8. The maximum Gasteiger partial charge on any atom is 0.321 e. The molecule has 0 unspecified atom stereocenters. The Morgan fingerprint density at radius 3 is 1.17 bits per heavy atom. The summed E-state index contributed by atoms with van der Waals surface area (Å²) >= 11 is 4.40. The van der Waals surface area contributed by atoms with Gasteiger partial charge >= 0.3 is 6.72 Å². The SMILES string of the molecule is CCCCCCCCCCCCCCCCCCCOP(O)(O)=S. The van der Waals surface area contributed by atoms with Gasteiger partial charge in [-0.1, -0.05) is 110 Å². The highest BCUT2D eigenvalue weighted by atomic mass is 32.5. The molecule has 0 saturated heterocycles. The van der Waals surface area contributed by atoms with Crippen LogP contribution >= 0.6 is 6.72 Å². The molecule has 3 nitrogen and oxygen atoms in total. The van der Waals surface area contributed by atoms with Crippen LogP contribution in [0.25, 0.3) is 0 Å². The number of unbranched alkanes of at least 4 members (excludes halogenated alkanes) is 16. The molecule has 0 aromatic heterocycles. The van der Waals surface area contributed by atoms with E-state index < -0.39 is 6.72 Å². The summed E-state index contributed by atoms with van der Waals surface area (Å²) in [6.07, 6.45) is 22.7. The highest BCUT2D eigenvalue weighted by Gasteiger charge is 2.06. The van der Waals surface area contributed by atoms with Crippen molar-refractivity contribution in [2.24, 2.45) is 0 Å². The van der Waals surface area contributed by atoms with E-state index in [-0.39, 0.29) is 0 Å². The van der Waals surface area contributed by atoms with Crippen molar-refractivity contribution in [3.8, 4) is 0 Å². The summed E-state index contributed by atoms with van der Waals surface area (Å²) in [5.41, 5.74) is 0. The van der Waals surface area contributed by atoms with E-state index in [4.69, 9.17) is 14.3 Å². The van der Waals surface area contributed by atoms with Gasteiger partial charge in [-0.3, -0.25) is 0 Å². The molecule has 146 valence electrons. The maximum absolute atomic E-state index is 8.91. The van der Waals surface area contributed by atoms with Crippen LogP contribution < -0.4 is 0 Å². The third kappa shape index (κ3) is 22.5. The second kappa shape index (κ2) is 18.3. The lowest BCUT2D eigenvalue weighted by atomic mass is 10.0. The van der Waals surface area contributed by atoms with Gasteiger partial charge in [0.2, 0.25) is 0 Å². The third-order valence-corrected chi connectivity index (χ3v) is 5.34. The second-order valence-corrected chi connectivity index (χ2v) is 9.65. The molecule has 24 heavy (non-hydrogen) atoms. The first kappa shape index (κ1) is 24.5. The van der Waals surface area contributed by atoms with Crippen molar-refractivity contribution in [2.45, 2.75) is 116 Å². The molecule has 0 radical (unpaired) electrons. The van der Waals surface area contributed by atoms with Crippen molar-refractivity contribution in [1.29, 1.82) is 0 Å². The van der Waals surface area contributed by atoms with Crippen molar-refractivity contribution in [3.63, 3.8) is 0 Å². The van der Waals surface area contributed by atoms with E-state index in [1.807, 2.05) is 0 Å². The lowest BCUT2D eigenvalue weighted by Gasteiger charge is -2.07. The molecule has 0 spiro atoms. The van der Waals surface area contributed by atoms with Crippen LogP contribution in [0.5, 0.6) is 0 Å². The van der Waals surface area contributed by atoms with Crippen molar-refractivity contribution < 1.29 is 14.3 Å². The lowest BCUT2D eigenvalue weighted by Crippen LogP contribution is -1.92. The minimum Gasteiger partial charge on any atom is -0.325 e.